The number of benzene rings is 1. The van der Waals surface area contributed by atoms with E-state index in [-0.39, 0.29) is 12.1 Å². The molecular formula is C16H20N4O2. The van der Waals surface area contributed by atoms with Crippen molar-refractivity contribution in [1.29, 1.82) is 0 Å². The largest absolute Gasteiger partial charge is 0.391 e. The molecule has 1 aliphatic carbocycles. The molecule has 1 heterocycles. The van der Waals surface area contributed by atoms with E-state index in [1.165, 1.54) is 0 Å². The van der Waals surface area contributed by atoms with Crippen LogP contribution >= 0.6 is 0 Å². The average Bonchev–Trinajstić information content (AvgIpc) is 3.08. The van der Waals surface area contributed by atoms with Crippen LogP contribution in [0, 0.1) is 6.92 Å². The first kappa shape index (κ1) is 14.6. The highest BCUT2D eigenvalue weighted by Gasteiger charge is 2.26. The van der Waals surface area contributed by atoms with Crippen LogP contribution in [0.1, 0.15) is 25.0 Å². The minimum atomic E-state index is -0.441. The summed E-state index contributed by atoms with van der Waals surface area (Å²) in [7, 11) is 0. The molecule has 116 valence electrons. The van der Waals surface area contributed by atoms with Gasteiger partial charge in [-0.15, -0.1) is 0 Å². The molecule has 2 atom stereocenters. The van der Waals surface area contributed by atoms with Gasteiger partial charge in [0.2, 0.25) is 0 Å². The predicted molar refractivity (Wildman–Crippen MR) is 84.1 cm³/mol. The van der Waals surface area contributed by atoms with Gasteiger partial charge in [-0.1, -0.05) is 6.07 Å². The maximum absolute atomic E-state index is 12.0. The van der Waals surface area contributed by atoms with Crippen LogP contribution in [0.2, 0.25) is 0 Å². The first-order valence-corrected chi connectivity index (χ1v) is 7.50. The van der Waals surface area contributed by atoms with E-state index < -0.39 is 6.10 Å². The van der Waals surface area contributed by atoms with Crippen molar-refractivity contribution in [2.75, 3.05) is 5.32 Å². The quantitative estimate of drug-likeness (QED) is 0.813. The Labute approximate surface area is 129 Å². The molecule has 1 aromatic heterocycles. The van der Waals surface area contributed by atoms with E-state index in [9.17, 15) is 9.90 Å². The number of carbonyl (C=O) groups excluding carboxylic acids is 1. The van der Waals surface area contributed by atoms with Gasteiger partial charge < -0.3 is 15.7 Å². The van der Waals surface area contributed by atoms with Gasteiger partial charge >= 0.3 is 6.03 Å². The third kappa shape index (κ3) is 3.12. The molecule has 0 bridgehead atoms. The summed E-state index contributed by atoms with van der Waals surface area (Å²) >= 11 is 0. The maximum Gasteiger partial charge on any atom is 0.319 e. The molecule has 2 aromatic rings. The highest BCUT2D eigenvalue weighted by molar-refractivity contribution is 5.89. The minimum absolute atomic E-state index is 0.156. The van der Waals surface area contributed by atoms with Crippen LogP contribution in [0.3, 0.4) is 0 Å². The Balaban J connectivity index is 1.68. The summed E-state index contributed by atoms with van der Waals surface area (Å²) in [6, 6.07) is 8.98. The van der Waals surface area contributed by atoms with Gasteiger partial charge in [-0.05, 0) is 50.5 Å². The number of amides is 2. The Hall–Kier alpha value is -2.34. The fourth-order valence-electron chi connectivity index (χ4n) is 2.80. The molecule has 1 aliphatic rings. The Morgan fingerprint density at radius 1 is 1.36 bits per heavy atom. The number of urea groups is 1. The first-order valence-electron chi connectivity index (χ1n) is 7.50. The number of aromatic nitrogens is 2. The molecular weight excluding hydrogens is 280 g/mol. The van der Waals surface area contributed by atoms with E-state index >= 15 is 0 Å². The fraction of sp³-hybridized carbons (Fsp3) is 0.375. The second-order valence-electron chi connectivity index (χ2n) is 5.64. The van der Waals surface area contributed by atoms with Gasteiger partial charge in [-0.3, -0.25) is 0 Å². The van der Waals surface area contributed by atoms with Crippen LogP contribution in [-0.2, 0) is 0 Å². The van der Waals surface area contributed by atoms with Crippen molar-refractivity contribution in [3.63, 3.8) is 0 Å². The normalized spacial score (nSPS) is 20.8. The van der Waals surface area contributed by atoms with Crippen molar-refractivity contribution in [1.82, 2.24) is 15.1 Å². The topological polar surface area (TPSA) is 79.2 Å². The molecule has 0 saturated heterocycles. The van der Waals surface area contributed by atoms with Crippen LogP contribution in [0.4, 0.5) is 10.5 Å². The molecule has 0 aliphatic heterocycles. The van der Waals surface area contributed by atoms with E-state index in [2.05, 4.69) is 15.7 Å². The summed E-state index contributed by atoms with van der Waals surface area (Å²) < 4.78 is 1.81. The lowest BCUT2D eigenvalue weighted by atomic mass is 10.2. The summed E-state index contributed by atoms with van der Waals surface area (Å²) in [4.78, 5) is 12.0. The monoisotopic (exact) mass is 300 g/mol. The second kappa shape index (κ2) is 6.19. The van der Waals surface area contributed by atoms with E-state index in [1.54, 1.807) is 6.20 Å². The van der Waals surface area contributed by atoms with Gasteiger partial charge in [-0.25, -0.2) is 9.48 Å². The summed E-state index contributed by atoms with van der Waals surface area (Å²) in [5, 5.41) is 19.6. The summed E-state index contributed by atoms with van der Waals surface area (Å²) in [6.07, 6.45) is 3.81. The van der Waals surface area contributed by atoms with E-state index in [0.29, 0.717) is 5.69 Å². The van der Waals surface area contributed by atoms with Crippen LogP contribution in [-0.4, -0.2) is 33.1 Å². The molecule has 22 heavy (non-hydrogen) atoms. The third-order valence-electron chi connectivity index (χ3n) is 3.98. The smallest absolute Gasteiger partial charge is 0.319 e. The average molecular weight is 300 g/mol. The van der Waals surface area contributed by atoms with Crippen molar-refractivity contribution in [3.05, 3.63) is 42.2 Å². The number of nitrogens with one attached hydrogen (secondary N) is 2. The van der Waals surface area contributed by atoms with Crippen LogP contribution in [0.15, 0.2) is 36.5 Å². The van der Waals surface area contributed by atoms with E-state index in [1.807, 2.05) is 41.9 Å². The molecule has 0 radical (unpaired) electrons. The Morgan fingerprint density at radius 3 is 2.91 bits per heavy atom. The lowest BCUT2D eigenvalue weighted by Gasteiger charge is -2.17. The van der Waals surface area contributed by atoms with Gasteiger partial charge in [0.1, 0.15) is 0 Å². The number of hydrogen-bond acceptors (Lipinski definition) is 3. The number of aliphatic hydroxyl groups is 1. The van der Waals surface area contributed by atoms with Crippen LogP contribution in [0.5, 0.6) is 0 Å². The first-order chi connectivity index (χ1) is 10.6. The lowest BCUT2D eigenvalue weighted by molar-refractivity contribution is 0.151. The van der Waals surface area contributed by atoms with Crippen LogP contribution < -0.4 is 10.6 Å². The lowest BCUT2D eigenvalue weighted by Crippen LogP contribution is -2.42. The molecule has 3 rings (SSSR count). The Bertz CT molecular complexity index is 668. The number of hydrogen-bond donors (Lipinski definition) is 3. The predicted octanol–water partition coefficient (Wildman–Crippen LogP) is 2.22. The number of anilines is 1. The van der Waals surface area contributed by atoms with Crippen molar-refractivity contribution in [2.24, 2.45) is 0 Å². The van der Waals surface area contributed by atoms with Crippen molar-refractivity contribution in [2.45, 2.75) is 38.3 Å². The zero-order chi connectivity index (χ0) is 15.5. The summed E-state index contributed by atoms with van der Waals surface area (Å²) in [5.74, 6) is 0. The van der Waals surface area contributed by atoms with Gasteiger partial charge in [0.25, 0.3) is 0 Å². The number of aryl methyl sites for hydroxylation is 1. The molecule has 1 aromatic carbocycles. The zero-order valence-corrected chi connectivity index (χ0v) is 12.5. The SMILES string of the molecule is Cc1ccnn1-c1cccc(NC(=O)N[C@H]2CCC[C@@H]2O)c1. The summed E-state index contributed by atoms with van der Waals surface area (Å²) in [6.45, 7) is 1.97. The third-order valence-corrected chi connectivity index (χ3v) is 3.98. The van der Waals surface area contributed by atoms with Gasteiger partial charge in [0.05, 0.1) is 17.8 Å². The maximum atomic E-state index is 12.0. The molecule has 2 amide bonds. The fourth-order valence-corrected chi connectivity index (χ4v) is 2.80. The number of aliphatic hydroxyl groups excluding tert-OH is 1. The number of rotatable bonds is 3. The van der Waals surface area contributed by atoms with Gasteiger partial charge in [0.15, 0.2) is 0 Å². The highest BCUT2D eigenvalue weighted by atomic mass is 16.3. The standard InChI is InChI=1S/C16H20N4O2/c1-11-8-9-17-20(11)13-5-2-4-12(10-13)18-16(22)19-14-6-3-7-15(14)21/h2,4-5,8-10,14-15,21H,3,6-7H2,1H3,(H2,18,19,22)/t14-,15-/m0/s1. The Morgan fingerprint density at radius 2 is 2.23 bits per heavy atom. The van der Waals surface area contributed by atoms with Crippen LogP contribution in [0.25, 0.3) is 5.69 Å². The van der Waals surface area contributed by atoms with Crippen molar-refractivity contribution < 1.29 is 9.90 Å². The minimum Gasteiger partial charge on any atom is -0.391 e. The zero-order valence-electron chi connectivity index (χ0n) is 12.5. The summed E-state index contributed by atoms with van der Waals surface area (Å²) in [5.41, 5.74) is 2.61. The van der Waals surface area contributed by atoms with E-state index in [4.69, 9.17) is 0 Å². The highest BCUT2D eigenvalue weighted by Crippen LogP contribution is 2.19. The number of carbonyl (C=O) groups is 1. The van der Waals surface area contributed by atoms with Gasteiger partial charge in [0, 0.05) is 17.6 Å². The molecule has 0 unspecified atom stereocenters. The second-order valence-corrected chi connectivity index (χ2v) is 5.64. The molecule has 1 fully saturated rings. The van der Waals surface area contributed by atoms with E-state index in [0.717, 1.165) is 30.6 Å². The number of nitrogens with zero attached hydrogens (tertiary/aromatic N) is 2. The molecule has 6 nitrogen and oxygen atoms in total. The van der Waals surface area contributed by atoms with Gasteiger partial charge in [-0.2, -0.15) is 5.10 Å². The Kier molecular flexibility index (Phi) is 4.11. The molecule has 3 N–H and O–H groups in total. The molecule has 1 saturated carbocycles. The molecule has 0 spiro atoms. The van der Waals surface area contributed by atoms with Crippen molar-refractivity contribution in [3.8, 4) is 5.69 Å². The van der Waals surface area contributed by atoms with Crippen molar-refractivity contribution >= 4 is 11.7 Å². The molecule has 6 heteroatoms.